The molecule has 94 valence electrons. The van der Waals surface area contributed by atoms with Crippen LogP contribution in [-0.4, -0.2) is 29.3 Å². The summed E-state index contributed by atoms with van der Waals surface area (Å²) in [6.07, 6.45) is 8.57. The molecule has 0 bridgehead atoms. The lowest BCUT2D eigenvalue weighted by molar-refractivity contribution is -0.125. The van der Waals surface area contributed by atoms with Crippen LogP contribution in [0.3, 0.4) is 0 Å². The summed E-state index contributed by atoms with van der Waals surface area (Å²) in [6, 6.07) is 0. The summed E-state index contributed by atoms with van der Waals surface area (Å²) in [7, 11) is 0. The van der Waals surface area contributed by atoms with Gasteiger partial charge in [0.1, 0.15) is 6.17 Å². The van der Waals surface area contributed by atoms with Crippen LogP contribution in [0.4, 0.5) is 0 Å². The fourth-order valence-electron chi connectivity index (χ4n) is 2.78. The van der Waals surface area contributed by atoms with E-state index in [0.29, 0.717) is 5.57 Å². The van der Waals surface area contributed by atoms with Crippen LogP contribution in [-0.2, 0) is 9.59 Å². The topological polar surface area (TPSA) is 75.4 Å². The van der Waals surface area contributed by atoms with Crippen LogP contribution in [0.25, 0.3) is 0 Å². The van der Waals surface area contributed by atoms with Crippen LogP contribution in [0.1, 0.15) is 12.8 Å². The van der Waals surface area contributed by atoms with Crippen LogP contribution in [0.5, 0.6) is 0 Å². The SMILES string of the molecule is NC(=O)C1CCCN2C=C3C(=O)C=CC=C3NC12. The molecule has 0 aromatic rings. The summed E-state index contributed by atoms with van der Waals surface area (Å²) < 4.78 is 0. The van der Waals surface area contributed by atoms with Crippen LogP contribution >= 0.6 is 0 Å². The zero-order chi connectivity index (χ0) is 12.7. The lowest BCUT2D eigenvalue weighted by Gasteiger charge is -2.44. The number of hydrogen-bond acceptors (Lipinski definition) is 4. The smallest absolute Gasteiger partial charge is 0.224 e. The zero-order valence-corrected chi connectivity index (χ0v) is 9.93. The number of amides is 1. The first-order chi connectivity index (χ1) is 8.66. The van der Waals surface area contributed by atoms with Gasteiger partial charge in [-0.05, 0) is 25.0 Å². The third-order valence-corrected chi connectivity index (χ3v) is 3.70. The highest BCUT2D eigenvalue weighted by Gasteiger charge is 2.38. The van der Waals surface area contributed by atoms with Gasteiger partial charge in [0.15, 0.2) is 5.78 Å². The van der Waals surface area contributed by atoms with Crippen molar-refractivity contribution < 1.29 is 9.59 Å². The molecule has 1 aliphatic carbocycles. The van der Waals surface area contributed by atoms with E-state index in [4.69, 9.17) is 5.73 Å². The molecule has 5 nitrogen and oxygen atoms in total. The minimum Gasteiger partial charge on any atom is -0.369 e. The molecule has 2 aliphatic heterocycles. The highest BCUT2D eigenvalue weighted by molar-refractivity contribution is 6.08. The maximum atomic E-state index is 11.8. The van der Waals surface area contributed by atoms with E-state index in [9.17, 15) is 9.59 Å². The van der Waals surface area contributed by atoms with Gasteiger partial charge in [0.05, 0.1) is 11.5 Å². The second kappa shape index (κ2) is 4.01. The normalized spacial score (nSPS) is 29.8. The summed E-state index contributed by atoms with van der Waals surface area (Å²) in [6.45, 7) is 0.842. The molecular formula is C13H15N3O2. The van der Waals surface area contributed by atoms with Gasteiger partial charge in [-0.2, -0.15) is 0 Å². The molecule has 3 aliphatic rings. The molecule has 0 aromatic heterocycles. The Labute approximate surface area is 105 Å². The first-order valence-corrected chi connectivity index (χ1v) is 6.13. The number of hydrogen-bond donors (Lipinski definition) is 2. The van der Waals surface area contributed by atoms with Gasteiger partial charge < -0.3 is 16.0 Å². The van der Waals surface area contributed by atoms with Crippen molar-refractivity contribution in [3.8, 4) is 0 Å². The molecule has 0 saturated carbocycles. The molecule has 5 heteroatoms. The molecule has 2 unspecified atom stereocenters. The van der Waals surface area contributed by atoms with E-state index in [-0.39, 0.29) is 23.8 Å². The number of fused-ring (bicyclic) bond motifs is 2. The number of carbonyl (C=O) groups excluding carboxylic acids is 2. The zero-order valence-electron chi connectivity index (χ0n) is 9.93. The number of primary amides is 1. The second-order valence-electron chi connectivity index (χ2n) is 4.82. The van der Waals surface area contributed by atoms with Gasteiger partial charge in [-0.1, -0.05) is 6.08 Å². The average molecular weight is 245 g/mol. The predicted molar refractivity (Wildman–Crippen MR) is 65.9 cm³/mol. The lowest BCUT2D eigenvalue weighted by atomic mass is 9.90. The van der Waals surface area contributed by atoms with Gasteiger partial charge in [0, 0.05) is 18.4 Å². The Hall–Kier alpha value is -2.04. The van der Waals surface area contributed by atoms with Gasteiger partial charge in [-0.3, -0.25) is 9.59 Å². The van der Waals surface area contributed by atoms with Crippen LogP contribution < -0.4 is 11.1 Å². The highest BCUT2D eigenvalue weighted by atomic mass is 16.1. The average Bonchev–Trinajstić information content (AvgIpc) is 2.36. The van der Waals surface area contributed by atoms with Crippen LogP contribution in [0.15, 0.2) is 35.7 Å². The molecule has 2 atom stereocenters. The summed E-state index contributed by atoms with van der Waals surface area (Å²) in [4.78, 5) is 25.2. The molecular weight excluding hydrogens is 230 g/mol. The number of allylic oxidation sites excluding steroid dienone is 4. The summed E-state index contributed by atoms with van der Waals surface area (Å²) >= 11 is 0. The molecule has 0 radical (unpaired) electrons. The van der Waals surface area contributed by atoms with Crippen molar-refractivity contribution in [1.29, 1.82) is 0 Å². The fourth-order valence-corrected chi connectivity index (χ4v) is 2.78. The number of nitrogens with one attached hydrogen (secondary N) is 1. The number of piperidine rings is 1. The Morgan fingerprint density at radius 3 is 3.11 bits per heavy atom. The third kappa shape index (κ3) is 1.63. The molecule has 3 rings (SSSR count). The quantitative estimate of drug-likeness (QED) is 0.683. The predicted octanol–water partition coefficient (Wildman–Crippen LogP) is 0.0197. The Morgan fingerprint density at radius 2 is 2.33 bits per heavy atom. The molecule has 0 spiro atoms. The Kier molecular flexibility index (Phi) is 2.47. The maximum Gasteiger partial charge on any atom is 0.224 e. The molecule has 1 saturated heterocycles. The van der Waals surface area contributed by atoms with Crippen molar-refractivity contribution in [2.24, 2.45) is 11.7 Å². The Bertz CT molecular complexity index is 504. The number of ketones is 1. The van der Waals surface area contributed by atoms with E-state index in [1.54, 1.807) is 12.2 Å². The minimum absolute atomic E-state index is 0.000325. The van der Waals surface area contributed by atoms with E-state index in [0.717, 1.165) is 25.1 Å². The van der Waals surface area contributed by atoms with Crippen molar-refractivity contribution in [2.45, 2.75) is 19.0 Å². The summed E-state index contributed by atoms with van der Waals surface area (Å²) in [5.74, 6) is -0.495. The summed E-state index contributed by atoms with van der Waals surface area (Å²) in [5.41, 5.74) is 6.90. The number of rotatable bonds is 1. The number of nitrogens with two attached hydrogens (primary N) is 1. The largest absolute Gasteiger partial charge is 0.369 e. The Balaban J connectivity index is 1.96. The van der Waals surface area contributed by atoms with Gasteiger partial charge in [0.2, 0.25) is 5.91 Å². The molecule has 1 amide bonds. The van der Waals surface area contributed by atoms with Crippen molar-refractivity contribution in [2.75, 3.05) is 6.54 Å². The van der Waals surface area contributed by atoms with Crippen molar-refractivity contribution in [3.05, 3.63) is 35.7 Å². The monoisotopic (exact) mass is 245 g/mol. The highest BCUT2D eigenvalue weighted by Crippen LogP contribution is 2.30. The maximum absolute atomic E-state index is 11.8. The van der Waals surface area contributed by atoms with Gasteiger partial charge >= 0.3 is 0 Å². The van der Waals surface area contributed by atoms with Crippen LogP contribution in [0.2, 0.25) is 0 Å². The first kappa shape index (κ1) is 11.1. The lowest BCUT2D eigenvalue weighted by Crippen LogP contribution is -2.57. The van der Waals surface area contributed by atoms with Crippen molar-refractivity contribution in [3.63, 3.8) is 0 Å². The fraction of sp³-hybridized carbons (Fsp3) is 0.385. The number of carbonyl (C=O) groups is 2. The summed E-state index contributed by atoms with van der Waals surface area (Å²) in [5, 5.41) is 3.26. The number of nitrogens with zero attached hydrogens (tertiary/aromatic N) is 1. The molecule has 18 heavy (non-hydrogen) atoms. The van der Waals surface area contributed by atoms with E-state index in [1.807, 2.05) is 17.2 Å². The molecule has 2 heterocycles. The minimum atomic E-state index is -0.285. The molecule has 3 N–H and O–H groups in total. The first-order valence-electron chi connectivity index (χ1n) is 6.13. The molecule has 1 fully saturated rings. The van der Waals surface area contributed by atoms with Gasteiger partial charge in [-0.15, -0.1) is 0 Å². The van der Waals surface area contributed by atoms with Gasteiger partial charge in [-0.25, -0.2) is 0 Å². The van der Waals surface area contributed by atoms with E-state index in [2.05, 4.69) is 5.32 Å². The van der Waals surface area contributed by atoms with E-state index < -0.39 is 0 Å². The van der Waals surface area contributed by atoms with Crippen molar-refractivity contribution >= 4 is 11.7 Å². The Morgan fingerprint density at radius 1 is 1.50 bits per heavy atom. The standard InChI is InChI=1S/C13H15N3O2/c14-12(18)8-3-2-6-16-7-9-10(15-13(8)16)4-1-5-11(9)17/h1,4-5,7-8,13,15H,2-3,6H2,(H2,14,18). The third-order valence-electron chi connectivity index (χ3n) is 3.70. The van der Waals surface area contributed by atoms with Crippen molar-refractivity contribution in [1.82, 2.24) is 10.2 Å². The van der Waals surface area contributed by atoms with E-state index in [1.165, 1.54) is 0 Å². The van der Waals surface area contributed by atoms with Crippen LogP contribution in [0, 0.1) is 5.92 Å². The second-order valence-corrected chi connectivity index (χ2v) is 4.82. The van der Waals surface area contributed by atoms with Gasteiger partial charge in [0.25, 0.3) is 0 Å². The van der Waals surface area contributed by atoms with E-state index >= 15 is 0 Å². The molecule has 0 aromatic carbocycles.